The van der Waals surface area contributed by atoms with E-state index in [-0.39, 0.29) is 10.9 Å². The van der Waals surface area contributed by atoms with E-state index in [1.807, 2.05) is 0 Å². The average molecular weight is 285 g/mol. The lowest BCUT2D eigenvalue weighted by molar-refractivity contribution is -0.141. The van der Waals surface area contributed by atoms with Gasteiger partial charge >= 0.3 is 12.1 Å². The maximum Gasteiger partial charge on any atom is 0.434 e. The number of carboxylic acid groups (broad SMARTS) is 1. The number of alkyl halides is 3. The zero-order valence-electron chi connectivity index (χ0n) is 9.60. The fraction of sp³-hybridized carbons (Fsp3) is 0.0833. The number of aliphatic carboxylic acids is 1. The Balaban J connectivity index is 2.91. The molecule has 8 heteroatoms. The van der Waals surface area contributed by atoms with Crippen molar-refractivity contribution in [3.8, 4) is 5.75 Å². The minimum atomic E-state index is -5.07. The van der Waals surface area contributed by atoms with Crippen molar-refractivity contribution in [2.24, 2.45) is 0 Å². The lowest BCUT2D eigenvalue weighted by Crippen LogP contribution is -2.21. The second-order valence-electron chi connectivity index (χ2n) is 3.83. The average Bonchev–Trinajstić information content (AvgIpc) is 2.36. The Kier molecular flexibility index (Phi) is 3.09. The molecule has 1 heterocycles. The van der Waals surface area contributed by atoms with Gasteiger partial charge in [-0.25, -0.2) is 9.78 Å². The summed E-state index contributed by atoms with van der Waals surface area (Å²) in [4.78, 5) is 25.2. The highest BCUT2D eigenvalue weighted by atomic mass is 19.4. The monoisotopic (exact) mass is 285 g/mol. The van der Waals surface area contributed by atoms with Gasteiger partial charge in [0.15, 0.2) is 5.69 Å². The van der Waals surface area contributed by atoms with Gasteiger partial charge in [0.1, 0.15) is 11.3 Å². The second kappa shape index (κ2) is 4.48. The Labute approximate surface area is 109 Å². The van der Waals surface area contributed by atoms with Crippen LogP contribution in [0.5, 0.6) is 5.75 Å². The molecule has 0 aliphatic carbocycles. The van der Waals surface area contributed by atoms with Crippen molar-refractivity contribution in [2.75, 3.05) is 0 Å². The number of carboxylic acids is 1. The minimum absolute atomic E-state index is 0.134. The van der Waals surface area contributed by atoms with Crippen LogP contribution >= 0.6 is 0 Å². The number of rotatable bonds is 2. The summed E-state index contributed by atoms with van der Waals surface area (Å²) in [6.45, 7) is 0. The molecule has 0 aliphatic rings. The highest BCUT2D eigenvalue weighted by molar-refractivity contribution is 6.41. The SMILES string of the molecule is O=C(O)C(=O)c1c(C(F)(F)F)nc2ccccc2c1O. The van der Waals surface area contributed by atoms with Crippen LogP contribution in [0.1, 0.15) is 16.1 Å². The maximum absolute atomic E-state index is 12.9. The van der Waals surface area contributed by atoms with Crippen molar-refractivity contribution in [1.82, 2.24) is 4.98 Å². The van der Waals surface area contributed by atoms with Gasteiger partial charge < -0.3 is 10.2 Å². The lowest BCUT2D eigenvalue weighted by Gasteiger charge is -2.13. The van der Waals surface area contributed by atoms with Crippen LogP contribution in [-0.2, 0) is 11.0 Å². The first-order valence-electron chi connectivity index (χ1n) is 5.20. The number of fused-ring (bicyclic) bond motifs is 1. The Morgan fingerprint density at radius 1 is 1.15 bits per heavy atom. The molecule has 20 heavy (non-hydrogen) atoms. The van der Waals surface area contributed by atoms with E-state index in [1.54, 1.807) is 0 Å². The fourth-order valence-corrected chi connectivity index (χ4v) is 1.72. The predicted molar refractivity (Wildman–Crippen MR) is 60.4 cm³/mol. The van der Waals surface area contributed by atoms with Gasteiger partial charge in [-0.05, 0) is 12.1 Å². The van der Waals surface area contributed by atoms with Gasteiger partial charge in [0.05, 0.1) is 5.52 Å². The highest BCUT2D eigenvalue weighted by Gasteiger charge is 2.41. The Hall–Kier alpha value is -2.64. The first kappa shape index (κ1) is 13.8. The summed E-state index contributed by atoms with van der Waals surface area (Å²) in [6, 6.07) is 5.25. The van der Waals surface area contributed by atoms with E-state index in [9.17, 15) is 27.9 Å². The van der Waals surface area contributed by atoms with Gasteiger partial charge in [0.25, 0.3) is 5.78 Å². The summed E-state index contributed by atoms with van der Waals surface area (Å²) >= 11 is 0. The van der Waals surface area contributed by atoms with Gasteiger partial charge in [-0.3, -0.25) is 4.79 Å². The van der Waals surface area contributed by atoms with Crippen LogP contribution < -0.4 is 0 Å². The van der Waals surface area contributed by atoms with Crippen LogP contribution in [0, 0.1) is 0 Å². The second-order valence-corrected chi connectivity index (χ2v) is 3.83. The third-order valence-corrected chi connectivity index (χ3v) is 2.55. The standard InChI is InChI=1S/C12H6F3NO4/c13-12(14,15)10-7(9(18)11(19)20)8(17)5-3-1-2-4-6(5)16-10/h1-4H,(H,16,17)(H,19,20). The summed E-state index contributed by atoms with van der Waals surface area (Å²) in [5.41, 5.74) is -3.27. The van der Waals surface area contributed by atoms with Crippen molar-refractivity contribution in [3.63, 3.8) is 0 Å². The third-order valence-electron chi connectivity index (χ3n) is 2.55. The molecule has 0 bridgehead atoms. The number of carbonyl (C=O) groups excluding carboxylic acids is 1. The first-order valence-corrected chi connectivity index (χ1v) is 5.20. The van der Waals surface area contributed by atoms with E-state index in [4.69, 9.17) is 5.11 Å². The minimum Gasteiger partial charge on any atom is -0.506 e. The number of aromatic hydroxyl groups is 1. The Bertz CT molecular complexity index is 724. The molecule has 0 radical (unpaired) electrons. The van der Waals surface area contributed by atoms with Crippen LogP contribution in [0.15, 0.2) is 24.3 Å². The number of aromatic nitrogens is 1. The molecule has 0 unspecified atom stereocenters. The van der Waals surface area contributed by atoms with Crippen molar-refractivity contribution in [3.05, 3.63) is 35.5 Å². The van der Waals surface area contributed by atoms with Gasteiger partial charge in [-0.1, -0.05) is 12.1 Å². The molecular weight excluding hydrogens is 279 g/mol. The number of ketones is 1. The maximum atomic E-state index is 12.9. The number of hydrogen-bond acceptors (Lipinski definition) is 4. The topological polar surface area (TPSA) is 87.5 Å². The number of hydrogen-bond donors (Lipinski definition) is 2. The molecule has 2 N–H and O–H groups in total. The van der Waals surface area contributed by atoms with Crippen molar-refractivity contribution in [2.45, 2.75) is 6.18 Å². The molecular formula is C12H6F3NO4. The number of para-hydroxylation sites is 1. The highest BCUT2D eigenvalue weighted by Crippen LogP contribution is 2.38. The quantitative estimate of drug-likeness (QED) is 0.652. The number of halogens is 3. The molecule has 0 fully saturated rings. The molecule has 104 valence electrons. The zero-order valence-corrected chi connectivity index (χ0v) is 9.60. The number of Topliss-reactive ketones (excluding diaryl/α,β-unsaturated/α-hetero) is 1. The van der Waals surface area contributed by atoms with Crippen LogP contribution in [0.4, 0.5) is 13.2 Å². The molecule has 5 nitrogen and oxygen atoms in total. The summed E-state index contributed by atoms with van der Waals surface area (Å²) in [6.07, 6.45) is -5.07. The first-order chi connectivity index (χ1) is 9.23. The number of benzene rings is 1. The molecule has 0 saturated heterocycles. The summed E-state index contributed by atoms with van der Waals surface area (Å²) in [5, 5.41) is 18.2. The molecule has 0 aliphatic heterocycles. The van der Waals surface area contributed by atoms with Crippen LogP contribution in [-0.4, -0.2) is 26.9 Å². The molecule has 1 aromatic carbocycles. The molecule has 2 aromatic rings. The van der Waals surface area contributed by atoms with Crippen LogP contribution in [0.25, 0.3) is 10.9 Å². The Morgan fingerprint density at radius 2 is 1.75 bits per heavy atom. The number of carbonyl (C=O) groups is 2. The van der Waals surface area contributed by atoms with Crippen LogP contribution in [0.2, 0.25) is 0 Å². The van der Waals surface area contributed by atoms with Crippen molar-refractivity contribution in [1.29, 1.82) is 0 Å². The van der Waals surface area contributed by atoms with E-state index < -0.39 is 34.9 Å². The van der Waals surface area contributed by atoms with Gasteiger partial charge in [-0.15, -0.1) is 0 Å². The van der Waals surface area contributed by atoms with E-state index in [0.29, 0.717) is 0 Å². The van der Waals surface area contributed by atoms with Gasteiger partial charge in [0, 0.05) is 5.39 Å². The van der Waals surface area contributed by atoms with E-state index >= 15 is 0 Å². The molecule has 0 amide bonds. The van der Waals surface area contributed by atoms with E-state index in [0.717, 1.165) is 0 Å². The molecule has 2 rings (SSSR count). The van der Waals surface area contributed by atoms with Crippen LogP contribution in [0.3, 0.4) is 0 Å². The summed E-state index contributed by atoms with van der Waals surface area (Å²) in [5.74, 6) is -5.02. The molecule has 0 spiro atoms. The van der Waals surface area contributed by atoms with E-state index in [2.05, 4.69) is 4.98 Å². The van der Waals surface area contributed by atoms with Crippen molar-refractivity contribution >= 4 is 22.7 Å². The molecule has 1 aromatic heterocycles. The fourth-order valence-electron chi connectivity index (χ4n) is 1.72. The van der Waals surface area contributed by atoms with Gasteiger partial charge in [0.2, 0.25) is 0 Å². The molecule has 0 atom stereocenters. The zero-order chi connectivity index (χ0) is 15.1. The lowest BCUT2D eigenvalue weighted by atomic mass is 10.0. The van der Waals surface area contributed by atoms with Crippen molar-refractivity contribution < 1.29 is 33.0 Å². The summed E-state index contributed by atoms with van der Waals surface area (Å²) in [7, 11) is 0. The largest absolute Gasteiger partial charge is 0.506 e. The smallest absolute Gasteiger partial charge is 0.434 e. The normalized spacial score (nSPS) is 11.6. The summed E-state index contributed by atoms with van der Waals surface area (Å²) < 4.78 is 38.6. The van der Waals surface area contributed by atoms with E-state index in [1.165, 1.54) is 24.3 Å². The van der Waals surface area contributed by atoms with Gasteiger partial charge in [-0.2, -0.15) is 13.2 Å². The molecule has 0 saturated carbocycles. The number of pyridine rings is 1. The predicted octanol–water partition coefficient (Wildman–Crippen LogP) is 2.23. The number of nitrogens with zero attached hydrogens (tertiary/aromatic N) is 1. The third kappa shape index (κ3) is 2.15. The Morgan fingerprint density at radius 3 is 2.30 bits per heavy atom.